The zero-order chi connectivity index (χ0) is 14.5. The second-order valence-corrected chi connectivity index (χ2v) is 5.25. The van der Waals surface area contributed by atoms with Gasteiger partial charge < -0.3 is 10.6 Å². The molecule has 2 N–H and O–H groups in total. The minimum Gasteiger partial charge on any atom is -0.332 e. The molecular weight excluding hydrogens is 298 g/mol. The van der Waals surface area contributed by atoms with Crippen LogP contribution >= 0.6 is 24.0 Å². The lowest BCUT2D eigenvalue weighted by Crippen LogP contribution is -2.19. The Morgan fingerprint density at radius 3 is 2.05 bits per heavy atom. The van der Waals surface area contributed by atoms with Gasteiger partial charge in [0, 0.05) is 22.3 Å². The van der Waals surface area contributed by atoms with Gasteiger partial charge in [0.05, 0.1) is 0 Å². The normalized spacial score (nSPS) is 10.2. The second kappa shape index (κ2) is 6.67. The zero-order valence-corrected chi connectivity index (χ0v) is 12.2. The van der Waals surface area contributed by atoms with Crippen molar-refractivity contribution >= 4 is 40.5 Å². The van der Waals surface area contributed by atoms with Gasteiger partial charge in [-0.1, -0.05) is 0 Å². The number of thioether (sulfide) groups is 1. The minimum absolute atomic E-state index is 0.265. The monoisotopic (exact) mass is 310 g/mol. The van der Waals surface area contributed by atoms with Crippen molar-refractivity contribution in [3.05, 3.63) is 54.1 Å². The molecule has 20 heavy (non-hydrogen) atoms. The Morgan fingerprint density at radius 1 is 0.950 bits per heavy atom. The van der Waals surface area contributed by atoms with Crippen LogP contribution in [0.5, 0.6) is 0 Å². The van der Waals surface area contributed by atoms with Crippen molar-refractivity contribution in [3.63, 3.8) is 0 Å². The molecule has 104 valence electrons. The van der Waals surface area contributed by atoms with Crippen LogP contribution in [0.3, 0.4) is 0 Å². The van der Waals surface area contributed by atoms with E-state index in [1.165, 1.54) is 12.1 Å². The fourth-order valence-electron chi connectivity index (χ4n) is 1.59. The van der Waals surface area contributed by atoms with E-state index in [2.05, 4.69) is 10.6 Å². The Balaban J connectivity index is 2.01. The average molecular weight is 310 g/mol. The van der Waals surface area contributed by atoms with Crippen LogP contribution in [0.2, 0.25) is 0 Å². The summed E-state index contributed by atoms with van der Waals surface area (Å²) in [5.41, 5.74) is 1.07. The molecular formula is C14H12F2N2S2. The lowest BCUT2D eigenvalue weighted by Gasteiger charge is -2.11. The molecule has 0 saturated carbocycles. The highest BCUT2D eigenvalue weighted by atomic mass is 32.2. The molecule has 0 spiro atoms. The van der Waals surface area contributed by atoms with Crippen LogP contribution in [0.4, 0.5) is 20.2 Å². The molecule has 0 saturated heterocycles. The van der Waals surface area contributed by atoms with Gasteiger partial charge in [0.2, 0.25) is 0 Å². The summed E-state index contributed by atoms with van der Waals surface area (Å²) in [5.74, 6) is -1.31. The molecule has 0 aliphatic heterocycles. The maximum absolute atomic E-state index is 13.0. The highest BCUT2D eigenvalue weighted by Gasteiger charge is 2.03. The first-order chi connectivity index (χ1) is 9.56. The van der Waals surface area contributed by atoms with Crippen LogP contribution < -0.4 is 10.6 Å². The number of hydrogen-bond donors (Lipinski definition) is 2. The van der Waals surface area contributed by atoms with Gasteiger partial charge in [0.15, 0.2) is 5.11 Å². The molecule has 0 atom stereocenters. The lowest BCUT2D eigenvalue weighted by molar-refractivity contribution is 0.584. The van der Waals surface area contributed by atoms with Gasteiger partial charge in [0.1, 0.15) is 11.6 Å². The van der Waals surface area contributed by atoms with Crippen LogP contribution in [0.15, 0.2) is 47.4 Å². The zero-order valence-electron chi connectivity index (χ0n) is 10.6. The Kier molecular flexibility index (Phi) is 4.92. The first-order valence-corrected chi connectivity index (χ1v) is 7.38. The standard InChI is InChI=1S/C14H12F2N2S2/c1-20-13-4-2-11(3-5-13)17-14(19)18-12-7-9(15)6-10(16)8-12/h2-8H,1H3,(H2,17,18,19). The number of halogens is 2. The molecule has 0 fully saturated rings. The molecule has 0 unspecified atom stereocenters. The third-order valence-electron chi connectivity index (χ3n) is 2.47. The van der Waals surface area contributed by atoms with Gasteiger partial charge in [-0.3, -0.25) is 0 Å². The molecule has 0 aliphatic carbocycles. The topological polar surface area (TPSA) is 24.1 Å². The highest BCUT2D eigenvalue weighted by molar-refractivity contribution is 7.98. The summed E-state index contributed by atoms with van der Waals surface area (Å²) < 4.78 is 26.1. The van der Waals surface area contributed by atoms with E-state index in [1.807, 2.05) is 30.5 Å². The Bertz CT molecular complexity index is 595. The van der Waals surface area contributed by atoms with Gasteiger partial charge in [-0.15, -0.1) is 11.8 Å². The van der Waals surface area contributed by atoms with Gasteiger partial charge in [-0.25, -0.2) is 8.78 Å². The average Bonchev–Trinajstić information content (AvgIpc) is 2.38. The number of thiocarbonyl (C=S) groups is 1. The van der Waals surface area contributed by atoms with Crippen molar-refractivity contribution in [2.45, 2.75) is 4.90 Å². The molecule has 2 aromatic carbocycles. The third-order valence-corrected chi connectivity index (χ3v) is 3.42. The summed E-state index contributed by atoms with van der Waals surface area (Å²) >= 11 is 6.74. The van der Waals surface area contributed by atoms with E-state index in [0.29, 0.717) is 0 Å². The van der Waals surface area contributed by atoms with E-state index in [4.69, 9.17) is 12.2 Å². The van der Waals surface area contributed by atoms with Crippen molar-refractivity contribution in [3.8, 4) is 0 Å². The van der Waals surface area contributed by atoms with E-state index >= 15 is 0 Å². The minimum atomic E-state index is -0.653. The highest BCUT2D eigenvalue weighted by Crippen LogP contribution is 2.18. The first kappa shape index (κ1) is 14.7. The van der Waals surface area contributed by atoms with Gasteiger partial charge in [-0.05, 0) is 54.9 Å². The molecule has 0 amide bonds. The van der Waals surface area contributed by atoms with E-state index < -0.39 is 11.6 Å². The molecule has 0 aliphatic rings. The first-order valence-electron chi connectivity index (χ1n) is 5.75. The molecule has 2 nitrogen and oxygen atoms in total. The molecule has 2 rings (SSSR count). The lowest BCUT2D eigenvalue weighted by atomic mass is 10.3. The second-order valence-electron chi connectivity index (χ2n) is 3.97. The quantitative estimate of drug-likeness (QED) is 0.644. The van der Waals surface area contributed by atoms with Crippen molar-refractivity contribution < 1.29 is 8.78 Å². The van der Waals surface area contributed by atoms with Gasteiger partial charge in [0.25, 0.3) is 0 Å². The SMILES string of the molecule is CSc1ccc(NC(=S)Nc2cc(F)cc(F)c2)cc1. The van der Waals surface area contributed by atoms with E-state index in [1.54, 1.807) is 11.8 Å². The Hall–Kier alpha value is -1.66. The fourth-order valence-corrected chi connectivity index (χ4v) is 2.24. The number of rotatable bonds is 3. The summed E-state index contributed by atoms with van der Waals surface area (Å²) in [5, 5.41) is 5.95. The Labute approximate surface area is 125 Å². The molecule has 0 bridgehead atoms. The van der Waals surface area contributed by atoms with Gasteiger partial charge >= 0.3 is 0 Å². The molecule has 2 aromatic rings. The number of hydrogen-bond acceptors (Lipinski definition) is 2. The van der Waals surface area contributed by atoms with Crippen molar-refractivity contribution in [1.29, 1.82) is 0 Å². The predicted octanol–water partition coefficient (Wildman–Crippen LogP) is 4.50. The van der Waals surface area contributed by atoms with Crippen LogP contribution in [0.25, 0.3) is 0 Å². The van der Waals surface area contributed by atoms with Crippen LogP contribution in [0.1, 0.15) is 0 Å². The predicted molar refractivity (Wildman–Crippen MR) is 84.4 cm³/mol. The largest absolute Gasteiger partial charge is 0.332 e. The summed E-state index contributed by atoms with van der Waals surface area (Å²) in [7, 11) is 0. The number of nitrogens with one attached hydrogen (secondary N) is 2. The smallest absolute Gasteiger partial charge is 0.175 e. The van der Waals surface area contributed by atoms with Gasteiger partial charge in [-0.2, -0.15) is 0 Å². The Morgan fingerprint density at radius 2 is 1.50 bits per heavy atom. The third kappa shape index (κ3) is 4.18. The van der Waals surface area contributed by atoms with Crippen molar-refractivity contribution in [2.24, 2.45) is 0 Å². The van der Waals surface area contributed by atoms with E-state index in [0.717, 1.165) is 16.6 Å². The molecule has 0 aromatic heterocycles. The summed E-state index contributed by atoms with van der Waals surface area (Å²) in [4.78, 5) is 1.14. The molecule has 0 radical (unpaired) electrons. The number of anilines is 2. The fraction of sp³-hybridized carbons (Fsp3) is 0.0714. The van der Waals surface area contributed by atoms with Crippen LogP contribution in [-0.4, -0.2) is 11.4 Å². The summed E-state index contributed by atoms with van der Waals surface area (Å²) in [6.45, 7) is 0. The maximum Gasteiger partial charge on any atom is 0.175 e. The number of benzene rings is 2. The van der Waals surface area contributed by atoms with E-state index in [-0.39, 0.29) is 10.8 Å². The van der Waals surface area contributed by atoms with E-state index in [9.17, 15) is 8.78 Å². The molecule has 6 heteroatoms. The van der Waals surface area contributed by atoms with Crippen molar-refractivity contribution in [1.82, 2.24) is 0 Å². The maximum atomic E-state index is 13.0. The summed E-state index contributed by atoms with van der Waals surface area (Å²) in [6.07, 6.45) is 1.99. The van der Waals surface area contributed by atoms with Crippen LogP contribution in [0, 0.1) is 11.6 Å². The van der Waals surface area contributed by atoms with Crippen LogP contribution in [-0.2, 0) is 0 Å². The van der Waals surface area contributed by atoms with Crippen molar-refractivity contribution in [2.75, 3.05) is 16.9 Å². The molecule has 0 heterocycles. The summed E-state index contributed by atoms with van der Waals surface area (Å²) in [6, 6.07) is 10.8.